The predicted octanol–water partition coefficient (Wildman–Crippen LogP) is 1.06. The number of hydrogen-bond donors (Lipinski definition) is 2. The summed E-state index contributed by atoms with van der Waals surface area (Å²) in [6.07, 6.45) is 0.269. The van der Waals surface area contributed by atoms with Gasteiger partial charge in [-0.05, 0) is 12.1 Å². The van der Waals surface area contributed by atoms with E-state index >= 15 is 0 Å². The molecule has 2 rings (SSSR count). The summed E-state index contributed by atoms with van der Waals surface area (Å²) >= 11 is 0. The Kier molecular flexibility index (Phi) is 4.95. The lowest BCUT2D eigenvalue weighted by Gasteiger charge is -2.33. The number of piperazine rings is 1. The highest BCUT2D eigenvalue weighted by molar-refractivity contribution is 5.89. The number of benzene rings is 1. The minimum absolute atomic E-state index is 0.0577. The number of rotatable bonds is 3. The molecule has 1 heterocycles. The number of hydrogen-bond acceptors (Lipinski definition) is 4. The molecule has 1 aliphatic rings. The maximum atomic E-state index is 12.1. The summed E-state index contributed by atoms with van der Waals surface area (Å²) in [4.78, 5) is 25.1. The first-order valence-electron chi connectivity index (χ1n) is 6.60. The first-order chi connectivity index (χ1) is 9.69. The van der Waals surface area contributed by atoms with Crippen LogP contribution in [0.1, 0.15) is 6.42 Å². The normalized spacial score (nSPS) is 18.4. The molecule has 1 fully saturated rings. The van der Waals surface area contributed by atoms with Gasteiger partial charge in [-0.2, -0.15) is 0 Å². The molecule has 0 spiro atoms. The average Bonchev–Trinajstić information content (AvgIpc) is 2.48. The highest BCUT2D eigenvalue weighted by atomic mass is 16.5. The number of para-hydroxylation sites is 1. The lowest BCUT2D eigenvalue weighted by atomic mass is 10.1. The van der Waals surface area contributed by atoms with Gasteiger partial charge in [0.2, 0.25) is 0 Å². The Morgan fingerprint density at radius 3 is 2.85 bits per heavy atom. The molecule has 1 aliphatic heterocycles. The Morgan fingerprint density at radius 2 is 2.15 bits per heavy atom. The zero-order valence-electron chi connectivity index (χ0n) is 11.5. The third-order valence-corrected chi connectivity index (χ3v) is 3.21. The molecular weight excluding hydrogens is 258 g/mol. The Bertz CT molecular complexity index is 464. The lowest BCUT2D eigenvalue weighted by molar-refractivity contribution is -0.141. The van der Waals surface area contributed by atoms with Crippen LogP contribution in [0.2, 0.25) is 0 Å². The van der Waals surface area contributed by atoms with Crippen LogP contribution in [0, 0.1) is 0 Å². The second-order valence-corrected chi connectivity index (χ2v) is 4.67. The van der Waals surface area contributed by atoms with Crippen molar-refractivity contribution in [3.05, 3.63) is 30.3 Å². The molecule has 0 aliphatic carbocycles. The minimum atomic E-state index is -0.271. The van der Waals surface area contributed by atoms with Crippen molar-refractivity contribution < 1.29 is 14.3 Å². The summed E-state index contributed by atoms with van der Waals surface area (Å²) < 4.78 is 4.65. The van der Waals surface area contributed by atoms with Gasteiger partial charge >= 0.3 is 12.0 Å². The third kappa shape index (κ3) is 3.96. The number of carbonyl (C=O) groups excluding carboxylic acids is 2. The number of ether oxygens (including phenoxy) is 1. The molecule has 2 N–H and O–H groups in total. The average molecular weight is 277 g/mol. The molecule has 0 radical (unpaired) electrons. The number of methoxy groups -OCH3 is 1. The molecule has 20 heavy (non-hydrogen) atoms. The number of nitrogens with zero attached hydrogens (tertiary/aromatic N) is 1. The summed E-state index contributed by atoms with van der Waals surface area (Å²) in [5, 5.41) is 6.05. The van der Waals surface area contributed by atoms with Gasteiger partial charge in [0.15, 0.2) is 0 Å². The minimum Gasteiger partial charge on any atom is -0.469 e. The lowest BCUT2D eigenvalue weighted by Crippen LogP contribution is -2.54. The van der Waals surface area contributed by atoms with Gasteiger partial charge in [0.25, 0.3) is 0 Å². The van der Waals surface area contributed by atoms with Gasteiger partial charge in [0, 0.05) is 31.4 Å². The van der Waals surface area contributed by atoms with E-state index in [1.807, 2.05) is 30.3 Å². The zero-order chi connectivity index (χ0) is 14.4. The molecule has 1 aromatic carbocycles. The van der Waals surface area contributed by atoms with Gasteiger partial charge < -0.3 is 20.3 Å². The first-order valence-corrected chi connectivity index (χ1v) is 6.60. The fourth-order valence-electron chi connectivity index (χ4n) is 2.16. The number of esters is 1. The molecule has 0 unspecified atom stereocenters. The summed E-state index contributed by atoms with van der Waals surface area (Å²) in [6.45, 7) is 1.79. The zero-order valence-corrected chi connectivity index (χ0v) is 11.5. The molecule has 2 amide bonds. The number of anilines is 1. The standard InChI is InChI=1S/C14H19N3O3/c1-20-13(18)9-12-10-17(8-7-15-12)14(19)16-11-5-3-2-4-6-11/h2-6,12,15H,7-10H2,1H3,(H,16,19)/t12-/m1/s1. The molecule has 1 atom stereocenters. The van der Waals surface area contributed by atoms with E-state index in [2.05, 4.69) is 15.4 Å². The Morgan fingerprint density at radius 1 is 1.40 bits per heavy atom. The van der Waals surface area contributed by atoms with Crippen molar-refractivity contribution in [3.63, 3.8) is 0 Å². The Labute approximate surface area is 118 Å². The van der Waals surface area contributed by atoms with Gasteiger partial charge in [0.05, 0.1) is 13.5 Å². The maximum absolute atomic E-state index is 12.1. The van der Waals surface area contributed by atoms with Crippen LogP contribution >= 0.6 is 0 Å². The largest absolute Gasteiger partial charge is 0.469 e. The Hall–Kier alpha value is -2.08. The predicted molar refractivity (Wildman–Crippen MR) is 75.5 cm³/mol. The van der Waals surface area contributed by atoms with Crippen molar-refractivity contribution in [3.8, 4) is 0 Å². The smallest absolute Gasteiger partial charge is 0.321 e. The first kappa shape index (κ1) is 14.3. The van der Waals surface area contributed by atoms with Crippen LogP contribution < -0.4 is 10.6 Å². The van der Waals surface area contributed by atoms with E-state index in [1.54, 1.807) is 4.90 Å². The van der Waals surface area contributed by atoms with E-state index in [0.717, 1.165) is 5.69 Å². The molecule has 6 nitrogen and oxygen atoms in total. The van der Waals surface area contributed by atoms with Crippen molar-refractivity contribution in [1.82, 2.24) is 10.2 Å². The summed E-state index contributed by atoms with van der Waals surface area (Å²) in [7, 11) is 1.37. The van der Waals surface area contributed by atoms with Crippen molar-refractivity contribution in [2.75, 3.05) is 32.1 Å². The molecule has 108 valence electrons. The van der Waals surface area contributed by atoms with Crippen LogP contribution in [-0.4, -0.2) is 49.7 Å². The van der Waals surface area contributed by atoms with E-state index in [1.165, 1.54) is 7.11 Å². The van der Waals surface area contributed by atoms with E-state index in [9.17, 15) is 9.59 Å². The molecule has 1 saturated heterocycles. The number of carbonyl (C=O) groups is 2. The molecule has 0 aromatic heterocycles. The van der Waals surface area contributed by atoms with E-state index in [0.29, 0.717) is 19.6 Å². The molecule has 0 bridgehead atoms. The van der Waals surface area contributed by atoms with Gasteiger partial charge in [-0.1, -0.05) is 18.2 Å². The van der Waals surface area contributed by atoms with Crippen molar-refractivity contribution in [1.29, 1.82) is 0 Å². The monoisotopic (exact) mass is 277 g/mol. The molecule has 1 aromatic rings. The van der Waals surface area contributed by atoms with Crippen LogP contribution in [0.3, 0.4) is 0 Å². The van der Waals surface area contributed by atoms with Crippen LogP contribution in [0.4, 0.5) is 10.5 Å². The second-order valence-electron chi connectivity index (χ2n) is 4.67. The van der Waals surface area contributed by atoms with Gasteiger partial charge in [0.1, 0.15) is 0 Å². The van der Waals surface area contributed by atoms with E-state index in [-0.39, 0.29) is 24.5 Å². The van der Waals surface area contributed by atoms with Crippen LogP contribution in [0.25, 0.3) is 0 Å². The quantitative estimate of drug-likeness (QED) is 0.810. The van der Waals surface area contributed by atoms with Crippen molar-refractivity contribution >= 4 is 17.7 Å². The fraction of sp³-hybridized carbons (Fsp3) is 0.429. The van der Waals surface area contributed by atoms with Crippen molar-refractivity contribution in [2.45, 2.75) is 12.5 Å². The SMILES string of the molecule is COC(=O)C[C@@H]1CN(C(=O)Nc2ccccc2)CCN1. The van der Waals surface area contributed by atoms with E-state index in [4.69, 9.17) is 0 Å². The number of amides is 2. The van der Waals surface area contributed by atoms with E-state index < -0.39 is 0 Å². The number of nitrogens with one attached hydrogen (secondary N) is 2. The Balaban J connectivity index is 1.88. The highest BCUT2D eigenvalue weighted by Crippen LogP contribution is 2.09. The fourth-order valence-corrected chi connectivity index (χ4v) is 2.16. The summed E-state index contributed by atoms with van der Waals surface area (Å²) in [5.41, 5.74) is 0.764. The summed E-state index contributed by atoms with van der Waals surface area (Å²) in [5.74, 6) is -0.271. The third-order valence-electron chi connectivity index (χ3n) is 3.21. The molecule has 0 saturated carbocycles. The topological polar surface area (TPSA) is 70.7 Å². The van der Waals surface area contributed by atoms with Gasteiger partial charge in [-0.25, -0.2) is 4.79 Å². The van der Waals surface area contributed by atoms with Gasteiger partial charge in [-0.3, -0.25) is 4.79 Å². The molecular formula is C14H19N3O3. The van der Waals surface area contributed by atoms with Crippen molar-refractivity contribution in [2.24, 2.45) is 0 Å². The van der Waals surface area contributed by atoms with Crippen LogP contribution in [0.15, 0.2) is 30.3 Å². The van der Waals surface area contributed by atoms with Crippen LogP contribution in [0.5, 0.6) is 0 Å². The van der Waals surface area contributed by atoms with Crippen LogP contribution in [-0.2, 0) is 9.53 Å². The maximum Gasteiger partial charge on any atom is 0.321 e. The summed E-state index contributed by atoms with van der Waals surface area (Å²) in [6, 6.07) is 9.11. The number of urea groups is 1. The second kappa shape index (κ2) is 6.91. The highest BCUT2D eigenvalue weighted by Gasteiger charge is 2.25. The van der Waals surface area contributed by atoms with Gasteiger partial charge in [-0.15, -0.1) is 0 Å². The molecule has 6 heteroatoms.